The minimum Gasteiger partial charge on any atom is -0.381 e. The zero-order chi connectivity index (χ0) is 28.5. The fraction of sp³-hybridized carbons (Fsp3) is 0.600. The van der Waals surface area contributed by atoms with Crippen molar-refractivity contribution in [3.8, 4) is 0 Å². The van der Waals surface area contributed by atoms with Gasteiger partial charge in [-0.1, -0.05) is 30.3 Å². The minimum absolute atomic E-state index is 0.135. The number of piperidine rings is 1. The van der Waals surface area contributed by atoms with E-state index in [0.717, 1.165) is 76.2 Å². The van der Waals surface area contributed by atoms with Crippen LogP contribution in [0.1, 0.15) is 66.9 Å². The molecule has 4 atom stereocenters. The maximum absolute atomic E-state index is 13.5. The van der Waals surface area contributed by atoms with Gasteiger partial charge in [0.25, 0.3) is 0 Å². The molecular weight excluding hydrogens is 536 g/mol. The molecule has 0 saturated carbocycles. The molecule has 3 saturated heterocycles. The van der Waals surface area contributed by atoms with Crippen molar-refractivity contribution in [3.05, 3.63) is 70.8 Å². The Labute approximate surface area is 230 Å². The van der Waals surface area contributed by atoms with Crippen molar-refractivity contribution < 1.29 is 40.6 Å². The molecule has 3 heterocycles. The molecule has 0 unspecified atom stereocenters. The van der Waals surface area contributed by atoms with Crippen LogP contribution in [0, 0.1) is 11.3 Å². The van der Waals surface area contributed by atoms with Crippen LogP contribution in [0.5, 0.6) is 0 Å². The first-order valence-corrected chi connectivity index (χ1v) is 13.9. The average Bonchev–Trinajstić information content (AvgIpc) is 3.37. The molecule has 3 fully saturated rings. The molecule has 0 amide bonds. The fourth-order valence-corrected chi connectivity index (χ4v) is 6.35. The average molecular weight is 572 g/mol. The van der Waals surface area contributed by atoms with Crippen molar-refractivity contribution in [2.24, 2.45) is 11.3 Å². The van der Waals surface area contributed by atoms with Gasteiger partial charge < -0.3 is 19.1 Å². The van der Waals surface area contributed by atoms with Crippen molar-refractivity contribution in [3.63, 3.8) is 0 Å². The smallest absolute Gasteiger partial charge is 0.381 e. The van der Waals surface area contributed by atoms with Crippen molar-refractivity contribution in [1.82, 2.24) is 4.90 Å². The Morgan fingerprint density at radius 2 is 1.57 bits per heavy atom. The van der Waals surface area contributed by atoms with E-state index in [0.29, 0.717) is 6.61 Å². The first-order valence-electron chi connectivity index (χ1n) is 13.9. The summed E-state index contributed by atoms with van der Waals surface area (Å²) >= 11 is 0. The van der Waals surface area contributed by atoms with Gasteiger partial charge in [0.1, 0.15) is 0 Å². The van der Waals surface area contributed by atoms with E-state index in [2.05, 4.69) is 4.90 Å². The highest BCUT2D eigenvalue weighted by molar-refractivity contribution is 5.35. The Kier molecular flexibility index (Phi) is 8.53. The van der Waals surface area contributed by atoms with E-state index in [1.54, 1.807) is 0 Å². The molecule has 0 aliphatic carbocycles. The second kappa shape index (κ2) is 11.6. The predicted molar refractivity (Wildman–Crippen MR) is 137 cm³/mol. The lowest BCUT2D eigenvalue weighted by molar-refractivity contribution is -0.210. The van der Waals surface area contributed by atoms with Crippen molar-refractivity contribution in [2.45, 2.75) is 63.3 Å². The van der Waals surface area contributed by atoms with Crippen LogP contribution in [0.25, 0.3) is 0 Å². The van der Waals surface area contributed by atoms with Gasteiger partial charge in [0, 0.05) is 19.1 Å². The molecule has 0 radical (unpaired) electrons. The highest BCUT2D eigenvalue weighted by Crippen LogP contribution is 2.43. The molecule has 2 aromatic carbocycles. The van der Waals surface area contributed by atoms with Gasteiger partial charge in [-0.25, -0.2) is 0 Å². The Bertz CT molecular complexity index is 1090. The molecule has 3 aliphatic rings. The summed E-state index contributed by atoms with van der Waals surface area (Å²) in [5, 5.41) is 0. The molecule has 0 N–H and O–H groups in total. The SMILES string of the molecule is C[C@@H](O[C@H]1OCC[C@H](CN2CCC3(CCOC3)CC2)[C@H]1c1ccccc1)c1cc(C(F)(F)F)cc(C(F)(F)F)c1. The van der Waals surface area contributed by atoms with Gasteiger partial charge in [-0.15, -0.1) is 0 Å². The molecule has 220 valence electrons. The van der Waals surface area contributed by atoms with Crippen LogP contribution in [0.2, 0.25) is 0 Å². The summed E-state index contributed by atoms with van der Waals surface area (Å²) < 4.78 is 98.7. The van der Waals surface area contributed by atoms with Crippen LogP contribution in [0.4, 0.5) is 26.3 Å². The van der Waals surface area contributed by atoms with E-state index in [1.807, 2.05) is 30.3 Å². The normalized spacial score (nSPS) is 26.7. The van der Waals surface area contributed by atoms with Gasteiger partial charge in [0.05, 0.1) is 30.4 Å². The zero-order valence-corrected chi connectivity index (χ0v) is 22.4. The zero-order valence-electron chi connectivity index (χ0n) is 22.4. The Morgan fingerprint density at radius 1 is 0.925 bits per heavy atom. The van der Waals surface area contributed by atoms with Crippen LogP contribution < -0.4 is 0 Å². The molecule has 0 bridgehead atoms. The predicted octanol–water partition coefficient (Wildman–Crippen LogP) is 7.45. The molecule has 1 spiro atoms. The fourth-order valence-electron chi connectivity index (χ4n) is 6.35. The molecule has 4 nitrogen and oxygen atoms in total. The number of benzene rings is 2. The van der Waals surface area contributed by atoms with E-state index < -0.39 is 35.9 Å². The number of hydrogen-bond donors (Lipinski definition) is 0. The van der Waals surface area contributed by atoms with Crippen molar-refractivity contribution >= 4 is 0 Å². The lowest BCUT2D eigenvalue weighted by Crippen LogP contribution is -2.46. The van der Waals surface area contributed by atoms with Crippen LogP contribution >= 0.6 is 0 Å². The Hall–Kier alpha value is -2.14. The molecule has 40 heavy (non-hydrogen) atoms. The highest BCUT2D eigenvalue weighted by Gasteiger charge is 2.42. The van der Waals surface area contributed by atoms with Gasteiger partial charge >= 0.3 is 12.4 Å². The van der Waals surface area contributed by atoms with Crippen molar-refractivity contribution in [1.29, 1.82) is 0 Å². The van der Waals surface area contributed by atoms with Gasteiger partial charge in [0.15, 0.2) is 6.29 Å². The largest absolute Gasteiger partial charge is 0.416 e. The summed E-state index contributed by atoms with van der Waals surface area (Å²) in [6, 6.07) is 11.3. The minimum atomic E-state index is -4.92. The van der Waals surface area contributed by atoms with E-state index in [9.17, 15) is 26.3 Å². The third-order valence-electron chi connectivity index (χ3n) is 8.77. The summed E-state index contributed by atoms with van der Waals surface area (Å²) in [7, 11) is 0. The summed E-state index contributed by atoms with van der Waals surface area (Å²) in [6.45, 7) is 6.26. The van der Waals surface area contributed by atoms with Crippen molar-refractivity contribution in [2.75, 3.05) is 39.5 Å². The Morgan fingerprint density at radius 3 is 2.15 bits per heavy atom. The third-order valence-corrected chi connectivity index (χ3v) is 8.77. The molecule has 3 aliphatic heterocycles. The second-order valence-corrected chi connectivity index (χ2v) is 11.4. The lowest BCUT2D eigenvalue weighted by Gasteiger charge is -2.44. The summed E-state index contributed by atoms with van der Waals surface area (Å²) in [6.07, 6.45) is -7.68. The van der Waals surface area contributed by atoms with E-state index in [4.69, 9.17) is 14.2 Å². The first kappa shape index (κ1) is 29.4. The standard InChI is InChI=1S/C30H35F6NO3/c1-20(23-15-24(29(31,32)33)17-25(16-23)30(34,35)36)40-27-26(21-5-3-2-4-6-21)22(7-13-39-27)18-37-11-8-28(9-12-37)10-14-38-19-28/h2-6,15-17,20,22,26-27H,7-14,18-19H2,1H3/t20-,22-,26-,27-/m1/s1. The number of ether oxygens (including phenoxy) is 3. The van der Waals surface area contributed by atoms with Gasteiger partial charge in [-0.3, -0.25) is 0 Å². The van der Waals surface area contributed by atoms with Gasteiger partial charge in [-0.2, -0.15) is 26.3 Å². The van der Waals surface area contributed by atoms with Gasteiger partial charge in [0.2, 0.25) is 0 Å². The molecule has 10 heteroatoms. The van der Waals surface area contributed by atoms with Crippen LogP contribution in [0.15, 0.2) is 48.5 Å². The number of hydrogen-bond acceptors (Lipinski definition) is 4. The van der Waals surface area contributed by atoms with E-state index in [1.165, 1.54) is 6.92 Å². The summed E-state index contributed by atoms with van der Waals surface area (Å²) in [4.78, 5) is 2.46. The number of rotatable bonds is 6. The topological polar surface area (TPSA) is 30.9 Å². The summed E-state index contributed by atoms with van der Waals surface area (Å²) in [5.41, 5.74) is -1.65. The van der Waals surface area contributed by atoms with Crippen LogP contribution in [0.3, 0.4) is 0 Å². The van der Waals surface area contributed by atoms with E-state index >= 15 is 0 Å². The number of halogens is 6. The number of likely N-dealkylation sites (tertiary alicyclic amines) is 1. The highest BCUT2D eigenvalue weighted by atomic mass is 19.4. The van der Waals surface area contributed by atoms with Crippen LogP contribution in [-0.4, -0.2) is 50.6 Å². The summed E-state index contributed by atoms with van der Waals surface area (Å²) in [5.74, 6) is -0.0783. The molecule has 0 aromatic heterocycles. The van der Waals surface area contributed by atoms with E-state index in [-0.39, 0.29) is 28.9 Å². The second-order valence-electron chi connectivity index (χ2n) is 11.4. The van der Waals surface area contributed by atoms with Gasteiger partial charge in [-0.05, 0) is 86.4 Å². The Balaban J connectivity index is 1.36. The number of alkyl halides is 6. The quantitative estimate of drug-likeness (QED) is 0.337. The molecule has 5 rings (SSSR count). The molecular formula is C30H35F6NO3. The molecule has 2 aromatic rings. The maximum Gasteiger partial charge on any atom is 0.416 e. The lowest BCUT2D eigenvalue weighted by atomic mass is 9.77. The third kappa shape index (κ3) is 6.66. The maximum atomic E-state index is 13.5. The first-order chi connectivity index (χ1) is 18.9. The van der Waals surface area contributed by atoms with Crippen LogP contribution in [-0.2, 0) is 26.6 Å². The number of nitrogens with zero attached hydrogens (tertiary/aromatic N) is 1. The monoisotopic (exact) mass is 571 g/mol.